The molecule has 138 valence electrons. The zero-order chi connectivity index (χ0) is 19.1. The summed E-state index contributed by atoms with van der Waals surface area (Å²) in [5, 5.41) is 8.91. The minimum atomic E-state index is -1.10. The van der Waals surface area contributed by atoms with Crippen molar-refractivity contribution < 1.29 is 27.9 Å². The molecule has 2 aromatic rings. The van der Waals surface area contributed by atoms with Gasteiger partial charge in [-0.3, -0.25) is 14.4 Å². The number of halogens is 1. The van der Waals surface area contributed by atoms with Gasteiger partial charge in [0.25, 0.3) is 11.1 Å². The zero-order valence-corrected chi connectivity index (χ0v) is 14.8. The summed E-state index contributed by atoms with van der Waals surface area (Å²) in [6.07, 6.45) is 0. The summed E-state index contributed by atoms with van der Waals surface area (Å²) in [6.45, 7) is 2.98. The van der Waals surface area contributed by atoms with Crippen molar-refractivity contribution >= 4 is 29.4 Å². The molecule has 1 aromatic carbocycles. The van der Waals surface area contributed by atoms with Crippen LogP contribution in [0, 0.1) is 5.82 Å². The Bertz CT molecular complexity index is 793. The maximum Gasteiger partial charge on any atom is 0.327 e. The molecule has 10 heteroatoms. The van der Waals surface area contributed by atoms with Gasteiger partial charge in [-0.2, -0.15) is 0 Å². The molecular weight excluding hydrogens is 365 g/mol. The molecule has 1 N–H and O–H groups in total. The number of carbonyl (C=O) groups excluding carboxylic acids is 3. The molecule has 0 aliphatic rings. The molecule has 1 atom stereocenters. The first kappa shape index (κ1) is 19.6. The third-order valence-corrected chi connectivity index (χ3v) is 4.17. The largest absolute Gasteiger partial charge is 0.465 e. The number of amides is 1. The Morgan fingerprint density at radius 2 is 1.96 bits per heavy atom. The van der Waals surface area contributed by atoms with Gasteiger partial charge in [0.2, 0.25) is 5.89 Å². The van der Waals surface area contributed by atoms with Gasteiger partial charge < -0.3 is 14.5 Å². The van der Waals surface area contributed by atoms with E-state index in [9.17, 15) is 18.8 Å². The second kappa shape index (κ2) is 9.09. The Balaban J connectivity index is 1.94. The van der Waals surface area contributed by atoms with Gasteiger partial charge in [0.1, 0.15) is 5.82 Å². The van der Waals surface area contributed by atoms with Crippen molar-refractivity contribution in [1.29, 1.82) is 0 Å². The minimum absolute atomic E-state index is 0.00397. The normalized spacial score (nSPS) is 11.7. The van der Waals surface area contributed by atoms with Crippen LogP contribution in [0.5, 0.6) is 0 Å². The van der Waals surface area contributed by atoms with Crippen molar-refractivity contribution in [2.24, 2.45) is 0 Å². The Morgan fingerprint density at radius 3 is 2.58 bits per heavy atom. The third kappa shape index (κ3) is 5.38. The van der Waals surface area contributed by atoms with E-state index in [2.05, 4.69) is 15.5 Å². The number of benzene rings is 1. The molecule has 1 amide bonds. The lowest BCUT2D eigenvalue weighted by atomic mass is 10.2. The van der Waals surface area contributed by atoms with Crippen LogP contribution in [-0.4, -0.2) is 39.7 Å². The van der Waals surface area contributed by atoms with Gasteiger partial charge in [-0.05, 0) is 49.9 Å². The Kier molecular flexibility index (Phi) is 6.84. The summed E-state index contributed by atoms with van der Waals surface area (Å²) in [6, 6.07) is 5.04. The average Bonchev–Trinajstić information content (AvgIpc) is 3.05. The van der Waals surface area contributed by atoms with Crippen LogP contribution in [-0.2, 0) is 20.9 Å². The smallest absolute Gasteiger partial charge is 0.327 e. The molecule has 0 saturated carbocycles. The lowest BCUT2D eigenvalue weighted by molar-refractivity contribution is -0.144. The number of hydrogen-bond acceptors (Lipinski definition) is 8. The van der Waals surface area contributed by atoms with Gasteiger partial charge in [0.15, 0.2) is 11.0 Å². The van der Waals surface area contributed by atoms with Gasteiger partial charge in [-0.15, -0.1) is 10.2 Å². The number of nitrogens with zero attached hydrogens (tertiary/aromatic N) is 2. The first-order chi connectivity index (χ1) is 12.4. The number of ketones is 1. The number of Topliss-reactive ketones (excluding diaryl/α,β-unsaturated/α-hetero) is 1. The number of hydrogen-bond donors (Lipinski definition) is 1. The summed E-state index contributed by atoms with van der Waals surface area (Å²) >= 11 is 0.779. The molecule has 0 aliphatic carbocycles. The molecule has 1 aromatic heterocycles. The molecule has 1 heterocycles. The molecular formula is C16H16FN3O5S. The molecule has 0 spiro atoms. The monoisotopic (exact) mass is 381 g/mol. The topological polar surface area (TPSA) is 111 Å². The minimum Gasteiger partial charge on any atom is -0.465 e. The molecule has 0 unspecified atom stereocenters. The van der Waals surface area contributed by atoms with Crippen LogP contribution < -0.4 is 5.32 Å². The van der Waals surface area contributed by atoms with Gasteiger partial charge in [0, 0.05) is 5.56 Å². The highest BCUT2D eigenvalue weighted by atomic mass is 32.2. The van der Waals surface area contributed by atoms with Crippen molar-refractivity contribution in [3.8, 4) is 0 Å². The van der Waals surface area contributed by atoms with E-state index in [0.29, 0.717) is 0 Å². The van der Waals surface area contributed by atoms with Crippen LogP contribution in [0.3, 0.4) is 0 Å². The van der Waals surface area contributed by atoms with E-state index in [1.165, 1.54) is 31.2 Å². The van der Waals surface area contributed by atoms with Crippen LogP contribution in [0.2, 0.25) is 0 Å². The van der Waals surface area contributed by atoms with E-state index >= 15 is 0 Å². The Hall–Kier alpha value is -2.75. The lowest BCUT2D eigenvalue weighted by Crippen LogP contribution is -2.27. The molecule has 0 radical (unpaired) electrons. The molecule has 2 rings (SSSR count). The number of thioether (sulfide) groups is 1. The average molecular weight is 381 g/mol. The third-order valence-electron chi connectivity index (χ3n) is 3.04. The number of esters is 1. The Labute approximate surface area is 152 Å². The van der Waals surface area contributed by atoms with E-state index in [1.54, 1.807) is 6.92 Å². The SMILES string of the molecule is CCOC(=O)[C@H](Sc1nnc(CNC(=O)c2ccc(F)cc2)o1)C(C)=O. The van der Waals surface area contributed by atoms with Crippen LogP contribution in [0.15, 0.2) is 33.9 Å². The highest BCUT2D eigenvalue weighted by Crippen LogP contribution is 2.23. The first-order valence-electron chi connectivity index (χ1n) is 7.60. The molecule has 26 heavy (non-hydrogen) atoms. The second-order valence-corrected chi connectivity index (χ2v) is 6.07. The molecule has 0 fully saturated rings. The maximum absolute atomic E-state index is 12.8. The van der Waals surface area contributed by atoms with Crippen molar-refractivity contribution in [3.05, 3.63) is 41.5 Å². The van der Waals surface area contributed by atoms with E-state index in [4.69, 9.17) is 9.15 Å². The van der Waals surface area contributed by atoms with Gasteiger partial charge in [-0.25, -0.2) is 4.39 Å². The van der Waals surface area contributed by atoms with Crippen molar-refractivity contribution in [3.63, 3.8) is 0 Å². The second-order valence-electron chi connectivity index (χ2n) is 5.01. The van der Waals surface area contributed by atoms with E-state index < -0.39 is 28.7 Å². The quantitative estimate of drug-likeness (QED) is 0.418. The number of ether oxygens (including phenoxy) is 1. The molecule has 0 saturated heterocycles. The van der Waals surface area contributed by atoms with Gasteiger partial charge >= 0.3 is 5.97 Å². The van der Waals surface area contributed by atoms with Gasteiger partial charge in [-0.1, -0.05) is 0 Å². The fourth-order valence-electron chi connectivity index (χ4n) is 1.83. The fraction of sp³-hybridized carbons (Fsp3) is 0.312. The number of nitrogens with one attached hydrogen (secondary N) is 1. The van der Waals surface area contributed by atoms with Crippen LogP contribution >= 0.6 is 11.8 Å². The van der Waals surface area contributed by atoms with E-state index in [1.807, 2.05) is 0 Å². The number of aromatic nitrogens is 2. The zero-order valence-electron chi connectivity index (χ0n) is 14.0. The highest BCUT2D eigenvalue weighted by Gasteiger charge is 2.28. The van der Waals surface area contributed by atoms with Gasteiger partial charge in [0.05, 0.1) is 13.2 Å². The highest BCUT2D eigenvalue weighted by molar-refractivity contribution is 8.01. The van der Waals surface area contributed by atoms with Crippen LogP contribution in [0.25, 0.3) is 0 Å². The van der Waals surface area contributed by atoms with Crippen LogP contribution in [0.1, 0.15) is 30.1 Å². The molecule has 8 nitrogen and oxygen atoms in total. The van der Waals surface area contributed by atoms with Crippen molar-refractivity contribution in [1.82, 2.24) is 15.5 Å². The summed E-state index contributed by atoms with van der Waals surface area (Å²) < 4.78 is 23.0. The van der Waals surface area contributed by atoms with Crippen molar-refractivity contribution in [2.75, 3.05) is 6.61 Å². The summed E-state index contributed by atoms with van der Waals surface area (Å²) in [7, 11) is 0. The first-order valence-corrected chi connectivity index (χ1v) is 8.48. The molecule has 0 bridgehead atoms. The molecule has 0 aliphatic heterocycles. The standard InChI is InChI=1S/C16H16FN3O5S/c1-3-24-15(23)13(9(2)21)26-16-20-19-12(25-16)8-18-14(22)10-4-6-11(17)7-5-10/h4-7,13H,3,8H2,1-2H3,(H,18,22)/t13-/m1/s1. The Morgan fingerprint density at radius 1 is 1.27 bits per heavy atom. The predicted octanol–water partition coefficient (Wildman–Crippen LogP) is 1.75. The van der Waals surface area contributed by atoms with Crippen molar-refractivity contribution in [2.45, 2.75) is 30.9 Å². The van der Waals surface area contributed by atoms with E-state index in [0.717, 1.165) is 11.8 Å². The lowest BCUT2D eigenvalue weighted by Gasteiger charge is -2.09. The van der Waals surface area contributed by atoms with E-state index in [-0.39, 0.29) is 29.8 Å². The van der Waals surface area contributed by atoms with Crippen LogP contribution in [0.4, 0.5) is 4.39 Å². The number of carbonyl (C=O) groups is 3. The summed E-state index contributed by atoms with van der Waals surface area (Å²) in [5.41, 5.74) is 0.277. The predicted molar refractivity (Wildman–Crippen MR) is 88.8 cm³/mol. The fourth-order valence-corrected chi connectivity index (χ4v) is 2.60. The summed E-state index contributed by atoms with van der Waals surface area (Å²) in [4.78, 5) is 35.3. The number of rotatable bonds is 8. The summed E-state index contributed by atoms with van der Waals surface area (Å²) in [5.74, 6) is -1.88. The maximum atomic E-state index is 12.8.